The van der Waals surface area contributed by atoms with Gasteiger partial charge in [0.15, 0.2) is 0 Å². The highest BCUT2D eigenvalue weighted by molar-refractivity contribution is 5.96. The zero-order valence-electron chi connectivity index (χ0n) is 39.0. The van der Waals surface area contributed by atoms with E-state index < -0.39 is 41.3 Å². The van der Waals surface area contributed by atoms with Gasteiger partial charge in [0.25, 0.3) is 5.91 Å². The van der Waals surface area contributed by atoms with Crippen molar-refractivity contribution in [2.24, 2.45) is 17.3 Å². The molecule has 344 valence electrons. The van der Waals surface area contributed by atoms with Crippen LogP contribution in [0.25, 0.3) is 33.3 Å². The first-order valence-electron chi connectivity index (χ1n) is 23.0. The number of phenols is 1. The molecule has 14 nitrogen and oxygen atoms in total. The Bertz CT molecular complexity index is 2380. The normalized spacial score (nSPS) is 22.7. The van der Waals surface area contributed by atoms with Gasteiger partial charge in [0.05, 0.1) is 30.0 Å². The molecule has 0 radical (unpaired) electrons. The highest BCUT2D eigenvalue weighted by atomic mass is 16.5. The van der Waals surface area contributed by atoms with Gasteiger partial charge in [-0.2, -0.15) is 0 Å². The smallest absolute Gasteiger partial charge is 0.324 e. The predicted molar refractivity (Wildman–Crippen MR) is 247 cm³/mol. The summed E-state index contributed by atoms with van der Waals surface area (Å²) in [6.45, 7) is 16.0. The number of aromatic hydroxyl groups is 1. The monoisotopic (exact) mass is 878 g/mol. The molecular formula is C50H67N7O7. The number of cyclic esters (lactones) is 1. The van der Waals surface area contributed by atoms with Crippen molar-refractivity contribution < 1.29 is 33.8 Å². The summed E-state index contributed by atoms with van der Waals surface area (Å²) in [5.74, 6) is -1.99. The molecule has 2 fully saturated rings. The number of amides is 3. The van der Waals surface area contributed by atoms with Crippen molar-refractivity contribution in [2.75, 3.05) is 33.9 Å². The number of likely N-dealkylation sites (N-methyl/N-ethyl adjacent to an activating group) is 1. The quantitative estimate of drug-likeness (QED) is 0.140. The number of fused-ring (bicyclic) bond motifs is 6. The molecule has 14 heteroatoms. The summed E-state index contributed by atoms with van der Waals surface area (Å²) < 4.78 is 14.2. The number of piperidine rings is 1. The summed E-state index contributed by atoms with van der Waals surface area (Å²) in [6, 6.07) is 12.8. The first-order valence-corrected chi connectivity index (χ1v) is 23.0. The first-order chi connectivity index (χ1) is 30.5. The Morgan fingerprint density at radius 2 is 1.86 bits per heavy atom. The number of hydrogen-bond acceptors (Lipinski definition) is 10. The summed E-state index contributed by atoms with van der Waals surface area (Å²) in [4.78, 5) is 63.4. The minimum atomic E-state index is -1.11. The number of carbonyl (C=O) groups excluding carboxylic acids is 4. The van der Waals surface area contributed by atoms with Crippen LogP contribution in [0.1, 0.15) is 97.1 Å². The minimum Gasteiger partial charge on any atom is -0.508 e. The number of ether oxygens (including phenoxy) is 2. The maximum atomic E-state index is 14.7. The van der Waals surface area contributed by atoms with Crippen molar-refractivity contribution in [3.05, 3.63) is 71.5 Å². The van der Waals surface area contributed by atoms with Gasteiger partial charge in [-0.15, -0.1) is 0 Å². The van der Waals surface area contributed by atoms with E-state index in [4.69, 9.17) is 14.5 Å². The van der Waals surface area contributed by atoms with Crippen LogP contribution in [0, 0.1) is 17.3 Å². The third-order valence-electron chi connectivity index (χ3n) is 13.4. The number of aromatic nitrogens is 2. The van der Waals surface area contributed by atoms with E-state index >= 15 is 0 Å². The molecule has 0 aliphatic carbocycles. The Labute approximate surface area is 377 Å². The lowest BCUT2D eigenvalue weighted by Gasteiger charge is -2.38. The molecule has 2 aromatic heterocycles. The number of hydrogen-bond donors (Lipinski definition) is 4. The molecule has 2 saturated heterocycles. The Balaban J connectivity index is 1.33. The summed E-state index contributed by atoms with van der Waals surface area (Å²) in [5.41, 5.74) is 9.73. The molecule has 4 aromatic rings. The number of methoxy groups -OCH3 is 1. The first kappa shape index (κ1) is 46.7. The summed E-state index contributed by atoms with van der Waals surface area (Å²) in [6.07, 6.45) is 4.69. The minimum absolute atomic E-state index is 0.0146. The standard InChI is InChI=1S/C50H67N7O7/c1-10-56-42-18-17-33-26-38(42)39(45(56)37-15-12-20-52-43(37)31(5)63-9)27-50(6,7)28-64-49(62)40-16-13-21-57(54-40)48(61)41(24-32-22-34(33)25-35(58)23-32)53-46(59)44(29(2)3)55(8)47(60)36-14-11-19-51-30(36)4/h12,15,17-18,20,22-23,25-26,29-31,36,40-41,44,51,54,58H,10-11,13-14,16,19,21,24,27-28H2,1-9H3,(H,53,59)/t30-,31+,36+,40+,41+,44+/m1/s1. The van der Waals surface area contributed by atoms with E-state index in [1.165, 1.54) is 9.91 Å². The number of hydrazine groups is 1. The number of phenolic OH excluding ortho intramolecular Hbond substituents is 1. The van der Waals surface area contributed by atoms with Gasteiger partial charge in [-0.25, -0.2) is 5.43 Å². The Morgan fingerprint density at radius 1 is 1.08 bits per heavy atom. The van der Waals surface area contributed by atoms with Gasteiger partial charge in [-0.3, -0.25) is 29.2 Å². The highest BCUT2D eigenvalue weighted by Crippen LogP contribution is 2.42. The lowest BCUT2D eigenvalue weighted by molar-refractivity contribution is -0.155. The number of aryl methyl sites for hydroxylation is 1. The van der Waals surface area contributed by atoms with Crippen LogP contribution in [0.5, 0.6) is 5.75 Å². The number of esters is 1. The Hall–Kier alpha value is -5.31. The fourth-order valence-electron chi connectivity index (χ4n) is 10.0. The summed E-state index contributed by atoms with van der Waals surface area (Å²) in [5, 5.41) is 20.2. The lowest BCUT2D eigenvalue weighted by atomic mass is 9.84. The van der Waals surface area contributed by atoms with Crippen molar-refractivity contribution >= 4 is 34.6 Å². The van der Waals surface area contributed by atoms with Gasteiger partial charge < -0.3 is 34.7 Å². The second-order valence-electron chi connectivity index (χ2n) is 19.2. The van der Waals surface area contributed by atoms with Crippen molar-refractivity contribution in [2.45, 2.75) is 124 Å². The molecule has 3 aliphatic rings. The van der Waals surface area contributed by atoms with Crippen LogP contribution in [0.2, 0.25) is 0 Å². The number of carbonyl (C=O) groups is 4. The summed E-state index contributed by atoms with van der Waals surface area (Å²) in [7, 11) is 3.35. The summed E-state index contributed by atoms with van der Waals surface area (Å²) >= 11 is 0. The van der Waals surface area contributed by atoms with Gasteiger partial charge in [0.2, 0.25) is 11.8 Å². The average molecular weight is 878 g/mol. The topological polar surface area (TPSA) is 167 Å². The van der Waals surface area contributed by atoms with Gasteiger partial charge in [-0.05, 0) is 124 Å². The van der Waals surface area contributed by atoms with E-state index in [0.717, 1.165) is 63.9 Å². The maximum absolute atomic E-state index is 14.7. The van der Waals surface area contributed by atoms with Crippen LogP contribution in [0.3, 0.4) is 0 Å². The largest absolute Gasteiger partial charge is 0.508 e. The van der Waals surface area contributed by atoms with Gasteiger partial charge in [0, 0.05) is 67.8 Å². The van der Waals surface area contributed by atoms with Gasteiger partial charge in [-0.1, -0.05) is 39.8 Å². The van der Waals surface area contributed by atoms with E-state index in [9.17, 15) is 24.3 Å². The second kappa shape index (κ2) is 19.4. The lowest BCUT2D eigenvalue weighted by Crippen LogP contribution is -2.62. The molecule has 7 rings (SSSR count). The van der Waals surface area contributed by atoms with Crippen LogP contribution in [-0.4, -0.2) is 106 Å². The van der Waals surface area contributed by atoms with E-state index in [1.807, 2.05) is 45.9 Å². The second-order valence-corrected chi connectivity index (χ2v) is 19.2. The third kappa shape index (κ3) is 9.69. The fraction of sp³-hybridized carbons (Fsp3) is 0.540. The molecule has 0 spiro atoms. The van der Waals surface area contributed by atoms with Crippen LogP contribution < -0.4 is 16.1 Å². The predicted octanol–water partition coefficient (Wildman–Crippen LogP) is 6.32. The molecule has 6 atom stereocenters. The van der Waals surface area contributed by atoms with E-state index in [1.54, 1.807) is 32.5 Å². The zero-order valence-corrected chi connectivity index (χ0v) is 39.0. The molecule has 2 aromatic carbocycles. The average Bonchev–Trinajstić information content (AvgIpc) is 3.58. The van der Waals surface area contributed by atoms with Gasteiger partial charge in [0.1, 0.15) is 23.9 Å². The number of rotatable bonds is 9. The van der Waals surface area contributed by atoms with Crippen LogP contribution in [0.4, 0.5) is 0 Å². The molecule has 0 saturated carbocycles. The van der Waals surface area contributed by atoms with Gasteiger partial charge >= 0.3 is 5.97 Å². The number of pyridine rings is 1. The maximum Gasteiger partial charge on any atom is 0.324 e. The molecule has 0 unspecified atom stereocenters. The van der Waals surface area contributed by atoms with Crippen LogP contribution in [0.15, 0.2) is 54.7 Å². The highest BCUT2D eigenvalue weighted by Gasteiger charge is 2.40. The van der Waals surface area contributed by atoms with E-state index in [2.05, 4.69) is 59.6 Å². The van der Waals surface area contributed by atoms with Crippen molar-refractivity contribution in [3.8, 4) is 28.1 Å². The van der Waals surface area contributed by atoms with Crippen molar-refractivity contribution in [3.63, 3.8) is 0 Å². The van der Waals surface area contributed by atoms with Crippen molar-refractivity contribution in [1.29, 1.82) is 0 Å². The molecule has 64 heavy (non-hydrogen) atoms. The molecule has 4 N–H and O–H groups in total. The zero-order chi connectivity index (χ0) is 46.0. The number of nitrogens with zero attached hydrogens (tertiary/aromatic N) is 4. The molecular weight excluding hydrogens is 811 g/mol. The van der Waals surface area contributed by atoms with E-state index in [0.29, 0.717) is 37.9 Å². The third-order valence-corrected chi connectivity index (χ3v) is 13.4. The Kier molecular flexibility index (Phi) is 14.2. The Morgan fingerprint density at radius 3 is 2.58 bits per heavy atom. The molecule has 3 aliphatic heterocycles. The van der Waals surface area contributed by atoms with E-state index in [-0.39, 0.29) is 48.7 Å². The number of benzene rings is 2. The van der Waals surface area contributed by atoms with Crippen LogP contribution >= 0.6 is 0 Å². The van der Waals surface area contributed by atoms with Crippen molar-refractivity contribution in [1.82, 2.24) is 35.5 Å². The number of nitrogens with one attached hydrogen (secondary N) is 3. The fourth-order valence-corrected chi connectivity index (χ4v) is 10.0. The SMILES string of the molecule is CCn1c(-c2cccnc2[C@H](C)OC)c2c3cc(ccc31)-c1cc(O)cc(c1)C[C@H](NC(=O)[C@H](C(C)C)N(C)C(=O)[C@H]1CCCN[C@@H]1C)C(=O)N1CCC[C@H](N1)C(=O)OCC(C)(C)C2. The van der Waals surface area contributed by atoms with Crippen LogP contribution in [-0.2, 0) is 48.0 Å². The molecule has 6 bridgehead atoms. The molecule has 3 amide bonds. The molecule has 5 heterocycles.